The molecular weight excluding hydrogens is 372 g/mol. The molecule has 0 spiro atoms. The fraction of sp³-hybridized carbons (Fsp3) is 0.118. The van der Waals surface area contributed by atoms with Crippen molar-refractivity contribution in [3.8, 4) is 0 Å². The number of hydrogen-bond donors (Lipinski definition) is 0. The average molecular weight is 387 g/mol. The third kappa shape index (κ3) is 4.03. The Morgan fingerprint density at radius 3 is 2.52 bits per heavy atom. The van der Waals surface area contributed by atoms with E-state index in [1.165, 1.54) is 17.0 Å². The third-order valence-corrected chi connectivity index (χ3v) is 4.44. The highest BCUT2D eigenvalue weighted by atomic mass is 79.9. The normalized spacial score (nSPS) is 11.8. The van der Waals surface area contributed by atoms with Crippen LogP contribution in [-0.4, -0.2) is 29.0 Å². The van der Waals surface area contributed by atoms with E-state index in [2.05, 4.69) is 66.1 Å². The van der Waals surface area contributed by atoms with Gasteiger partial charge in [0.1, 0.15) is 9.61 Å². The molecule has 0 fully saturated rings. The van der Waals surface area contributed by atoms with Crippen LogP contribution in [0.5, 0.6) is 0 Å². The number of allylic oxidation sites excluding steroid dienone is 2. The van der Waals surface area contributed by atoms with Crippen LogP contribution >= 0.6 is 27.3 Å². The van der Waals surface area contributed by atoms with Gasteiger partial charge in [-0.3, -0.25) is 0 Å². The third-order valence-electron chi connectivity index (χ3n) is 3.16. The van der Waals surface area contributed by atoms with Crippen molar-refractivity contribution < 1.29 is 0 Å². The molecule has 2 heterocycles. The summed E-state index contributed by atoms with van der Waals surface area (Å²) in [5.74, 6) is 0. The number of hydrogen-bond acceptors (Lipinski definition) is 5. The smallest absolute Gasteiger partial charge is 0.190 e. The Morgan fingerprint density at radius 1 is 1.04 bits per heavy atom. The van der Waals surface area contributed by atoms with Gasteiger partial charge in [0.15, 0.2) is 10.5 Å². The summed E-state index contributed by atoms with van der Waals surface area (Å²) in [5, 5.41) is 0.894. The van der Waals surface area contributed by atoms with E-state index in [0.29, 0.717) is 5.65 Å². The Morgan fingerprint density at radius 2 is 1.78 bits per heavy atom. The number of fused-ring (bicyclic) bond motifs is 1. The first-order valence-corrected chi connectivity index (χ1v) is 8.64. The van der Waals surface area contributed by atoms with E-state index in [1.807, 2.05) is 32.3 Å². The second kappa shape index (κ2) is 7.02. The number of benzene rings is 1. The molecule has 0 aliphatic heterocycles. The van der Waals surface area contributed by atoms with Gasteiger partial charge in [-0.1, -0.05) is 41.7 Å². The van der Waals surface area contributed by atoms with E-state index in [9.17, 15) is 0 Å². The van der Waals surface area contributed by atoms with E-state index in [4.69, 9.17) is 0 Å². The maximum atomic E-state index is 4.43. The predicted octanol–water partition coefficient (Wildman–Crippen LogP) is 4.64. The Bertz CT molecular complexity index is 866. The zero-order chi connectivity index (χ0) is 16.2. The lowest BCUT2D eigenvalue weighted by molar-refractivity contribution is 1.13. The maximum Gasteiger partial charge on any atom is 0.190 e. The van der Waals surface area contributed by atoms with Gasteiger partial charge in [0, 0.05) is 19.8 Å². The molecule has 0 aliphatic rings. The number of thiazole rings is 1. The van der Waals surface area contributed by atoms with Gasteiger partial charge in [-0.15, -0.1) is 0 Å². The molecule has 0 amide bonds. The van der Waals surface area contributed by atoms with E-state index in [1.54, 1.807) is 6.20 Å². The fourth-order valence-electron chi connectivity index (χ4n) is 1.98. The molecule has 0 aliphatic carbocycles. The van der Waals surface area contributed by atoms with Gasteiger partial charge in [-0.2, -0.15) is 0 Å². The maximum absolute atomic E-state index is 4.43. The van der Waals surface area contributed by atoms with Gasteiger partial charge in [-0.25, -0.2) is 15.0 Å². The van der Waals surface area contributed by atoms with Crippen molar-refractivity contribution in [1.29, 1.82) is 0 Å². The second-order valence-electron chi connectivity index (χ2n) is 5.08. The van der Waals surface area contributed by atoms with Crippen LogP contribution in [0.25, 0.3) is 22.6 Å². The molecule has 3 aromatic rings. The van der Waals surface area contributed by atoms with Gasteiger partial charge in [-0.05, 0) is 39.7 Å². The number of nitrogens with zero attached hydrogens (tertiary/aromatic N) is 4. The monoisotopic (exact) mass is 386 g/mol. The summed E-state index contributed by atoms with van der Waals surface area (Å²) in [6.45, 7) is 0. The van der Waals surface area contributed by atoms with Crippen LogP contribution in [0.15, 0.2) is 47.2 Å². The highest BCUT2D eigenvalue weighted by Gasteiger charge is 2.03. The number of rotatable bonds is 4. The molecule has 0 unspecified atom stereocenters. The van der Waals surface area contributed by atoms with Crippen molar-refractivity contribution in [1.82, 2.24) is 15.0 Å². The fourth-order valence-corrected chi connectivity index (χ4v) is 3.18. The Balaban J connectivity index is 1.69. The SMILES string of the molecule is CN(C)c1ccc(/C=C/C=C/c2nc3ncc(Br)nc3s2)cc1. The molecule has 6 heteroatoms. The van der Waals surface area contributed by atoms with Crippen molar-refractivity contribution in [2.75, 3.05) is 19.0 Å². The lowest BCUT2D eigenvalue weighted by Crippen LogP contribution is -2.07. The van der Waals surface area contributed by atoms with Gasteiger partial charge in [0.05, 0.1) is 6.20 Å². The topological polar surface area (TPSA) is 41.9 Å². The van der Waals surface area contributed by atoms with Gasteiger partial charge in [0.2, 0.25) is 0 Å². The van der Waals surface area contributed by atoms with Crippen LogP contribution in [0.2, 0.25) is 0 Å². The van der Waals surface area contributed by atoms with Crippen molar-refractivity contribution in [3.05, 3.63) is 57.8 Å². The first-order chi connectivity index (χ1) is 11.1. The van der Waals surface area contributed by atoms with Crippen molar-refractivity contribution in [3.63, 3.8) is 0 Å². The lowest BCUT2D eigenvalue weighted by Gasteiger charge is -2.11. The van der Waals surface area contributed by atoms with Crippen molar-refractivity contribution in [2.45, 2.75) is 0 Å². The van der Waals surface area contributed by atoms with E-state index < -0.39 is 0 Å². The summed E-state index contributed by atoms with van der Waals surface area (Å²) in [6.07, 6.45) is 9.68. The molecule has 23 heavy (non-hydrogen) atoms. The van der Waals surface area contributed by atoms with Crippen LogP contribution in [-0.2, 0) is 0 Å². The summed E-state index contributed by atoms with van der Waals surface area (Å²) >= 11 is 4.84. The minimum absolute atomic E-state index is 0.682. The molecule has 4 nitrogen and oxygen atoms in total. The molecule has 0 radical (unpaired) electrons. The summed E-state index contributed by atoms with van der Waals surface area (Å²) in [6, 6.07) is 8.41. The Kier molecular flexibility index (Phi) is 4.83. The molecule has 2 aromatic heterocycles. The summed E-state index contributed by atoms with van der Waals surface area (Å²) in [7, 11) is 4.07. The largest absolute Gasteiger partial charge is 0.378 e. The summed E-state index contributed by atoms with van der Waals surface area (Å²) in [5.41, 5.74) is 3.04. The first-order valence-electron chi connectivity index (χ1n) is 7.03. The van der Waals surface area contributed by atoms with E-state index in [0.717, 1.165) is 20.0 Å². The van der Waals surface area contributed by atoms with Crippen LogP contribution in [0, 0.1) is 0 Å². The summed E-state index contributed by atoms with van der Waals surface area (Å²) in [4.78, 5) is 15.9. The van der Waals surface area contributed by atoms with Gasteiger partial charge >= 0.3 is 0 Å². The van der Waals surface area contributed by atoms with Gasteiger partial charge in [0.25, 0.3) is 0 Å². The molecule has 3 rings (SSSR count). The van der Waals surface area contributed by atoms with Gasteiger partial charge < -0.3 is 4.90 Å². The van der Waals surface area contributed by atoms with Crippen LogP contribution in [0.3, 0.4) is 0 Å². The zero-order valence-corrected chi connectivity index (χ0v) is 15.2. The second-order valence-corrected chi connectivity index (χ2v) is 6.90. The molecule has 1 aromatic carbocycles. The van der Waals surface area contributed by atoms with E-state index >= 15 is 0 Å². The predicted molar refractivity (Wildman–Crippen MR) is 102 cm³/mol. The molecule has 0 saturated carbocycles. The lowest BCUT2D eigenvalue weighted by atomic mass is 10.2. The minimum atomic E-state index is 0.682. The highest BCUT2D eigenvalue weighted by Crippen LogP contribution is 2.21. The zero-order valence-electron chi connectivity index (χ0n) is 12.8. The highest BCUT2D eigenvalue weighted by molar-refractivity contribution is 9.10. The summed E-state index contributed by atoms with van der Waals surface area (Å²) < 4.78 is 0.727. The number of anilines is 1. The minimum Gasteiger partial charge on any atom is -0.378 e. The standard InChI is InChI=1S/C17H15BrN4S/c1-22(2)13-9-7-12(8-10-13)5-3-4-6-15-21-16-17(23-15)20-14(18)11-19-16/h3-11H,1-2H3/b5-3+,6-4+. The molecule has 116 valence electrons. The van der Waals surface area contributed by atoms with Crippen LogP contribution in [0.4, 0.5) is 5.69 Å². The molecule has 0 saturated heterocycles. The quantitative estimate of drug-likeness (QED) is 0.612. The number of aromatic nitrogens is 3. The van der Waals surface area contributed by atoms with Crippen molar-refractivity contribution >= 4 is 55.6 Å². The average Bonchev–Trinajstić information content (AvgIpc) is 2.94. The van der Waals surface area contributed by atoms with Crippen LogP contribution < -0.4 is 4.90 Å². The Labute approximate surface area is 147 Å². The van der Waals surface area contributed by atoms with Crippen molar-refractivity contribution in [2.24, 2.45) is 0 Å². The first kappa shape index (κ1) is 15.8. The molecule has 0 atom stereocenters. The molecule has 0 bridgehead atoms. The molecule has 0 N–H and O–H groups in total. The Hall–Kier alpha value is -2.05. The number of halogens is 1. The molecular formula is C17H15BrN4S. The van der Waals surface area contributed by atoms with Crippen LogP contribution in [0.1, 0.15) is 10.6 Å². The van der Waals surface area contributed by atoms with E-state index in [-0.39, 0.29) is 0 Å².